The van der Waals surface area contributed by atoms with Gasteiger partial charge in [-0.3, -0.25) is 0 Å². The van der Waals surface area contributed by atoms with Gasteiger partial charge >= 0.3 is 0 Å². The Morgan fingerprint density at radius 1 is 1.44 bits per heavy atom. The van der Waals surface area contributed by atoms with E-state index in [-0.39, 0.29) is 0 Å². The molecule has 0 radical (unpaired) electrons. The van der Waals surface area contributed by atoms with E-state index in [1.807, 2.05) is 0 Å². The number of hydrogen-bond acceptors (Lipinski definition) is 0. The Morgan fingerprint density at radius 2 is 2.12 bits per heavy atom. The summed E-state index contributed by atoms with van der Waals surface area (Å²) in [5.74, 6) is 4.71. The summed E-state index contributed by atoms with van der Waals surface area (Å²) in [4.78, 5) is 0.733. The summed E-state index contributed by atoms with van der Waals surface area (Å²) in [5.41, 5.74) is 2.09. The fourth-order valence-corrected chi connectivity index (χ4v) is 5.74. The fraction of sp³-hybridized carbons (Fsp3) is 0.867. The van der Waals surface area contributed by atoms with Crippen molar-refractivity contribution in [2.75, 3.05) is 0 Å². The molecule has 3 fully saturated rings. The molecule has 0 nitrogen and oxygen atoms in total. The molecule has 0 saturated heterocycles. The molecule has 6 unspecified atom stereocenters. The predicted octanol–water partition coefficient (Wildman–Crippen LogP) is 4.64. The molecule has 6 atom stereocenters. The van der Waals surface area contributed by atoms with E-state index in [1.54, 1.807) is 5.57 Å². The number of alkyl halides is 1. The minimum Gasteiger partial charge on any atom is -0.0995 e. The van der Waals surface area contributed by atoms with Gasteiger partial charge in [0.05, 0.1) is 0 Å². The van der Waals surface area contributed by atoms with Gasteiger partial charge in [-0.2, -0.15) is 0 Å². The first-order valence-corrected chi connectivity index (χ1v) is 7.70. The molecule has 0 heterocycles. The van der Waals surface area contributed by atoms with Crippen LogP contribution < -0.4 is 0 Å². The Morgan fingerprint density at radius 3 is 2.75 bits per heavy atom. The van der Waals surface area contributed by atoms with E-state index in [4.69, 9.17) is 0 Å². The molecule has 0 aromatic carbocycles. The summed E-state index contributed by atoms with van der Waals surface area (Å²) in [5, 5.41) is 0. The SMILES string of the molecule is C=C1CCC(Br)C2(C)CC3C(C(C)C)C3C12. The van der Waals surface area contributed by atoms with Gasteiger partial charge in [-0.15, -0.1) is 0 Å². The molecule has 3 aliphatic rings. The van der Waals surface area contributed by atoms with Crippen molar-refractivity contribution in [1.29, 1.82) is 0 Å². The Hall–Kier alpha value is 0.220. The van der Waals surface area contributed by atoms with Gasteiger partial charge in [0.25, 0.3) is 0 Å². The summed E-state index contributed by atoms with van der Waals surface area (Å²) < 4.78 is 0. The van der Waals surface area contributed by atoms with Crippen LogP contribution in [0.25, 0.3) is 0 Å². The fourth-order valence-electron chi connectivity index (χ4n) is 5.04. The number of fused-ring (bicyclic) bond motifs is 3. The summed E-state index contributed by atoms with van der Waals surface area (Å²) in [7, 11) is 0. The van der Waals surface area contributed by atoms with Crippen molar-refractivity contribution in [3.8, 4) is 0 Å². The molecule has 0 bridgehead atoms. The van der Waals surface area contributed by atoms with E-state index < -0.39 is 0 Å². The average Bonchev–Trinajstić information content (AvgIpc) is 2.78. The van der Waals surface area contributed by atoms with Crippen LogP contribution in [0.1, 0.15) is 40.0 Å². The highest BCUT2D eigenvalue weighted by Gasteiger charge is 2.68. The minimum atomic E-state index is 0.524. The van der Waals surface area contributed by atoms with Gasteiger partial charge in [0.15, 0.2) is 0 Å². The van der Waals surface area contributed by atoms with Gasteiger partial charge in [0.2, 0.25) is 0 Å². The van der Waals surface area contributed by atoms with Gasteiger partial charge in [0.1, 0.15) is 0 Å². The molecule has 0 N–H and O–H groups in total. The van der Waals surface area contributed by atoms with Crippen molar-refractivity contribution in [3.05, 3.63) is 12.2 Å². The second-order valence-electron chi connectivity index (χ2n) is 6.91. The van der Waals surface area contributed by atoms with E-state index in [0.717, 1.165) is 34.4 Å². The summed E-state index contributed by atoms with van der Waals surface area (Å²) in [6.07, 6.45) is 4.00. The van der Waals surface area contributed by atoms with Gasteiger partial charge in [0, 0.05) is 4.83 Å². The van der Waals surface area contributed by atoms with Crippen LogP contribution in [0.4, 0.5) is 0 Å². The van der Waals surface area contributed by atoms with Crippen molar-refractivity contribution < 1.29 is 0 Å². The van der Waals surface area contributed by atoms with E-state index >= 15 is 0 Å². The largest absolute Gasteiger partial charge is 0.0995 e. The third-order valence-electron chi connectivity index (χ3n) is 5.71. The number of hydrogen-bond donors (Lipinski definition) is 0. The van der Waals surface area contributed by atoms with Crippen molar-refractivity contribution in [2.45, 2.75) is 44.9 Å². The first-order valence-electron chi connectivity index (χ1n) is 6.78. The normalized spacial score (nSPS) is 55.1. The molecular formula is C15H23Br. The summed E-state index contributed by atoms with van der Waals surface area (Å²) in [6.45, 7) is 11.7. The van der Waals surface area contributed by atoms with Gasteiger partial charge in [-0.25, -0.2) is 0 Å². The van der Waals surface area contributed by atoms with Crippen molar-refractivity contribution in [1.82, 2.24) is 0 Å². The Labute approximate surface area is 108 Å². The third kappa shape index (κ3) is 1.27. The molecule has 0 amide bonds. The first-order chi connectivity index (χ1) is 7.47. The Kier molecular flexibility index (Phi) is 2.38. The number of allylic oxidation sites excluding steroid dienone is 1. The standard InChI is InChI=1S/C15H23Br/c1-8(2)12-10-7-15(4)11(16)6-5-9(3)14(15)13(10)12/h8,10-14H,3,5-7H2,1-2,4H3. The monoisotopic (exact) mass is 282 g/mol. The van der Waals surface area contributed by atoms with E-state index in [2.05, 4.69) is 43.3 Å². The zero-order valence-electron chi connectivity index (χ0n) is 10.7. The number of halogens is 1. The van der Waals surface area contributed by atoms with Crippen molar-refractivity contribution >= 4 is 15.9 Å². The van der Waals surface area contributed by atoms with Crippen LogP contribution in [0.3, 0.4) is 0 Å². The second-order valence-corrected chi connectivity index (χ2v) is 8.02. The van der Waals surface area contributed by atoms with Gasteiger partial charge < -0.3 is 0 Å². The van der Waals surface area contributed by atoms with Crippen molar-refractivity contribution in [3.63, 3.8) is 0 Å². The zero-order chi connectivity index (χ0) is 11.7. The minimum absolute atomic E-state index is 0.524. The number of rotatable bonds is 1. The Balaban J connectivity index is 1.89. The molecule has 90 valence electrons. The van der Waals surface area contributed by atoms with E-state index in [0.29, 0.717) is 5.41 Å². The van der Waals surface area contributed by atoms with Crippen LogP contribution in [-0.4, -0.2) is 4.83 Å². The second kappa shape index (κ2) is 3.37. The molecule has 0 spiro atoms. The maximum Gasteiger partial charge on any atom is 0.0208 e. The van der Waals surface area contributed by atoms with Crippen LogP contribution in [0.15, 0.2) is 12.2 Å². The Bertz CT molecular complexity index is 332. The molecule has 0 aromatic heterocycles. The molecular weight excluding hydrogens is 260 g/mol. The lowest BCUT2D eigenvalue weighted by atomic mass is 9.64. The van der Waals surface area contributed by atoms with Crippen LogP contribution in [-0.2, 0) is 0 Å². The molecule has 3 saturated carbocycles. The highest BCUT2D eigenvalue weighted by Crippen LogP contribution is 2.73. The molecule has 3 rings (SSSR count). The van der Waals surface area contributed by atoms with Gasteiger partial charge in [-0.1, -0.05) is 48.9 Å². The molecule has 16 heavy (non-hydrogen) atoms. The predicted molar refractivity (Wildman–Crippen MR) is 72.6 cm³/mol. The van der Waals surface area contributed by atoms with E-state index in [9.17, 15) is 0 Å². The molecule has 1 heteroatoms. The summed E-state index contributed by atoms with van der Waals surface area (Å²) >= 11 is 3.94. The maximum atomic E-state index is 4.39. The lowest BCUT2D eigenvalue weighted by Crippen LogP contribution is -2.40. The zero-order valence-corrected chi connectivity index (χ0v) is 12.3. The highest BCUT2D eigenvalue weighted by molar-refractivity contribution is 9.09. The third-order valence-corrected chi connectivity index (χ3v) is 7.21. The van der Waals surface area contributed by atoms with Gasteiger partial charge in [-0.05, 0) is 54.3 Å². The highest BCUT2D eigenvalue weighted by atomic mass is 79.9. The lowest BCUT2D eigenvalue weighted by Gasteiger charge is -2.45. The smallest absolute Gasteiger partial charge is 0.0208 e. The lowest BCUT2D eigenvalue weighted by molar-refractivity contribution is 0.160. The van der Waals surface area contributed by atoms with Crippen molar-refractivity contribution in [2.24, 2.45) is 35.0 Å². The average molecular weight is 283 g/mol. The van der Waals surface area contributed by atoms with E-state index in [1.165, 1.54) is 19.3 Å². The topological polar surface area (TPSA) is 0 Å². The van der Waals surface area contributed by atoms with Crippen LogP contribution in [0.2, 0.25) is 0 Å². The molecule has 0 aliphatic heterocycles. The molecule has 3 aliphatic carbocycles. The summed E-state index contributed by atoms with van der Waals surface area (Å²) in [6, 6.07) is 0. The van der Waals surface area contributed by atoms with Crippen LogP contribution >= 0.6 is 15.9 Å². The first kappa shape index (κ1) is 11.3. The van der Waals surface area contributed by atoms with Crippen LogP contribution in [0, 0.1) is 35.0 Å². The quantitative estimate of drug-likeness (QED) is 0.485. The maximum absolute atomic E-state index is 4.39. The van der Waals surface area contributed by atoms with Crippen LogP contribution in [0.5, 0.6) is 0 Å². The molecule has 0 aromatic rings.